The molecule has 4 saturated carbocycles. The van der Waals surface area contributed by atoms with Crippen LogP contribution in [0.5, 0.6) is 0 Å². The molecule has 0 bridgehead atoms. The van der Waals surface area contributed by atoms with Crippen molar-refractivity contribution in [1.82, 2.24) is 5.32 Å². The lowest BCUT2D eigenvalue weighted by molar-refractivity contribution is -0.391. The fourth-order valence-corrected chi connectivity index (χ4v) is 23.4. The Morgan fingerprint density at radius 3 is 1.60 bits per heavy atom. The number of unbranched alkanes of at least 4 members (excludes halogenated alkanes) is 8. The highest BCUT2D eigenvalue weighted by Crippen LogP contribution is 2.76. The van der Waals surface area contributed by atoms with Crippen LogP contribution >= 0.6 is 0 Å². The van der Waals surface area contributed by atoms with Gasteiger partial charge in [0, 0.05) is 13.0 Å². The number of aliphatic hydroxyl groups is 21. The van der Waals surface area contributed by atoms with Gasteiger partial charge in [0.15, 0.2) is 56.2 Å². The molecule has 0 spiro atoms. The highest BCUT2D eigenvalue weighted by atomic mass is 16.8. The molecule has 0 aromatic carbocycles. The number of aliphatic carboxylic acids is 1. The Labute approximate surface area is 745 Å². The van der Waals surface area contributed by atoms with E-state index in [0.717, 1.165) is 50.4 Å². The first-order valence-corrected chi connectivity index (χ1v) is 45.6. The van der Waals surface area contributed by atoms with E-state index in [9.17, 15) is 127 Å². The summed E-state index contributed by atoms with van der Waals surface area (Å²) in [5, 5.41) is 245. The molecule has 5 aliphatic carbocycles. The number of aldehydes is 1. The van der Waals surface area contributed by atoms with Crippen LogP contribution in [0.4, 0.5) is 0 Å². The Morgan fingerprint density at radius 2 is 0.984 bits per heavy atom. The van der Waals surface area contributed by atoms with Crippen LogP contribution in [-0.2, 0) is 95.0 Å². The summed E-state index contributed by atoms with van der Waals surface area (Å²) < 4.78 is 95.9. The van der Waals surface area contributed by atoms with E-state index in [4.69, 9.17) is 75.8 Å². The third kappa shape index (κ3) is 20.0. The molecule has 0 radical (unpaired) electrons. The van der Waals surface area contributed by atoms with Crippen molar-refractivity contribution in [3.8, 4) is 0 Å². The van der Waals surface area contributed by atoms with Gasteiger partial charge < -0.3 is 198 Å². The number of hydrogen-bond acceptors (Lipinski definition) is 41. The Morgan fingerprint density at radius 1 is 0.465 bits per heavy atom. The quantitative estimate of drug-likeness (QED) is 0.00938. The number of fused-ring (bicyclic) bond motifs is 7. The molecule has 740 valence electrons. The van der Waals surface area contributed by atoms with E-state index in [-0.39, 0.29) is 38.2 Å². The third-order valence-electron chi connectivity index (χ3n) is 31.2. The van der Waals surface area contributed by atoms with Gasteiger partial charge in [-0.05, 0) is 117 Å². The average molecular weight is 1860 g/mol. The van der Waals surface area contributed by atoms with Gasteiger partial charge in [-0.15, -0.1) is 0 Å². The predicted octanol–water partition coefficient (Wildman–Crippen LogP) is -5.90. The first-order chi connectivity index (χ1) is 61.0. The zero-order valence-electron chi connectivity index (χ0n) is 73.7. The third-order valence-corrected chi connectivity index (χ3v) is 31.2. The van der Waals surface area contributed by atoms with Crippen LogP contribution < -0.4 is 5.32 Å². The molecule has 129 heavy (non-hydrogen) atoms. The molecular formula is C86H139NO42. The molecule has 13 aliphatic rings. The van der Waals surface area contributed by atoms with Crippen molar-refractivity contribution in [3.05, 3.63) is 11.6 Å². The maximum absolute atomic E-state index is 16.3. The fourth-order valence-electron chi connectivity index (χ4n) is 23.4. The molecule has 8 saturated heterocycles. The van der Waals surface area contributed by atoms with Crippen molar-refractivity contribution < 1.29 is 207 Å². The van der Waals surface area contributed by atoms with Crippen molar-refractivity contribution in [3.63, 3.8) is 0 Å². The highest BCUT2D eigenvalue weighted by molar-refractivity contribution is 5.80. The number of aliphatic hydroxyl groups excluding tert-OH is 21. The monoisotopic (exact) mass is 1860 g/mol. The number of hydrogen-bond donors (Lipinski definition) is 23. The Hall–Kier alpha value is -3.62. The normalized spacial score (nSPS) is 49.8. The van der Waals surface area contributed by atoms with E-state index in [1.807, 2.05) is 13.8 Å². The second kappa shape index (κ2) is 42.0. The molecule has 8 heterocycles. The second-order valence-corrected chi connectivity index (χ2v) is 39.7. The number of carbonyl (C=O) groups is 4. The lowest BCUT2D eigenvalue weighted by Crippen LogP contribution is -2.70. The first kappa shape index (κ1) is 103. The van der Waals surface area contributed by atoms with Crippen LogP contribution in [0.25, 0.3) is 0 Å². The minimum atomic E-state index is -2.25. The molecule has 12 fully saturated rings. The highest BCUT2D eigenvalue weighted by Gasteiger charge is 2.74. The summed E-state index contributed by atoms with van der Waals surface area (Å²) in [4.78, 5) is 57.9. The zero-order chi connectivity index (χ0) is 93.8. The van der Waals surface area contributed by atoms with E-state index in [1.165, 1.54) is 6.92 Å². The molecule has 1 amide bonds. The minimum absolute atomic E-state index is 0.0251. The standard InChI is InChI=1S/C86H139NO42/c1-36-65(123-74-64(110)66(40(94)34-116-74)124-76-60(106)54(100)44(32-91)121-76)57(103)62(108)75(117-36)127-69-55(101)50(87-49(96)17-15-13-11-9-8-10-12-14-16-26-114-72-59(105)53(99)43(31-90)119-72)41(29-88)118-78(69)129-80(113)86-25-24-81(2,3)27-38(86)37-18-19-46-82(4)22-21-48(83(5,35-92)45(82)20-23-84(46,6)85(37,7)28-47(86)95)122-79-70(128-77-61(107)56(102)52(98)42(30-89)120-77)67(63(109)68(126-79)71(111)112)125-73-58(104)51(97)39(93)33-115-73/h18,35-36,38-48,50-70,72-79,88-91,93-95,97-110H,8-17,19-34H2,1-7H3,(H,87,96)(H,111,112)/t36-,38-,39+,40+,41+,42+,43+,44+,45+,46+,47+,48-,50-,51-,52-,53+,54+,55-,56-,57-,58+,59+,60+,61+,62+,63-,64+,65-,66-,67-,68-,69+,70+,72+,73-,74-,75-,76-,77-,78-,79+,82-,83-,84+,85+,86+/m0/s1. The average Bonchev–Trinajstić information content (AvgIpc) is 1.12. The zero-order valence-corrected chi connectivity index (χ0v) is 73.7. The molecule has 23 N–H and O–H groups in total. The van der Waals surface area contributed by atoms with Crippen molar-refractivity contribution in [1.29, 1.82) is 0 Å². The first-order valence-electron chi connectivity index (χ1n) is 45.6. The predicted molar refractivity (Wildman–Crippen MR) is 429 cm³/mol. The van der Waals surface area contributed by atoms with Crippen LogP contribution in [0.3, 0.4) is 0 Å². The van der Waals surface area contributed by atoms with E-state index < -0.39 is 335 Å². The Kier molecular flexibility index (Phi) is 33.4. The molecule has 0 aromatic heterocycles. The molecular weight excluding hydrogens is 1720 g/mol. The van der Waals surface area contributed by atoms with E-state index in [0.29, 0.717) is 57.8 Å². The Balaban J connectivity index is 0.726. The van der Waals surface area contributed by atoms with Gasteiger partial charge in [-0.3, -0.25) is 9.59 Å². The molecule has 43 nitrogen and oxygen atoms in total. The summed E-state index contributed by atoms with van der Waals surface area (Å²) in [6.45, 7) is 9.65. The van der Waals surface area contributed by atoms with Crippen LogP contribution in [0.15, 0.2) is 11.6 Å². The molecule has 13 rings (SSSR count). The van der Waals surface area contributed by atoms with Gasteiger partial charge in [0.1, 0.15) is 158 Å². The van der Waals surface area contributed by atoms with Crippen LogP contribution in [-0.4, -0.2) is 416 Å². The lowest BCUT2D eigenvalue weighted by Gasteiger charge is -2.71. The summed E-state index contributed by atoms with van der Waals surface area (Å²) in [5.74, 6) is -4.90. The van der Waals surface area contributed by atoms with Crippen molar-refractivity contribution in [2.75, 3.05) is 46.2 Å². The van der Waals surface area contributed by atoms with Gasteiger partial charge in [0.25, 0.3) is 0 Å². The van der Waals surface area contributed by atoms with Gasteiger partial charge in [0.05, 0.1) is 69.4 Å². The largest absolute Gasteiger partial charge is 0.479 e. The Bertz CT molecular complexity index is 3730. The van der Waals surface area contributed by atoms with Crippen molar-refractivity contribution in [2.45, 2.75) is 404 Å². The summed E-state index contributed by atoms with van der Waals surface area (Å²) in [5.41, 5.74) is -5.29. The number of esters is 1. The maximum atomic E-state index is 16.3. The summed E-state index contributed by atoms with van der Waals surface area (Å²) in [7, 11) is 0. The van der Waals surface area contributed by atoms with Crippen LogP contribution in [0.1, 0.15) is 170 Å². The molecule has 43 heteroatoms. The number of ether oxygens (including phenoxy) is 16. The summed E-state index contributed by atoms with van der Waals surface area (Å²) in [6.07, 6.45) is -52.3. The van der Waals surface area contributed by atoms with Gasteiger partial charge in [0.2, 0.25) is 12.2 Å². The number of allylic oxidation sites excluding steroid dienone is 2. The van der Waals surface area contributed by atoms with Crippen LogP contribution in [0.2, 0.25) is 0 Å². The molecule has 8 aliphatic heterocycles. The number of carboxylic acids is 1. The smallest absolute Gasteiger partial charge is 0.335 e. The summed E-state index contributed by atoms with van der Waals surface area (Å²) >= 11 is 0. The van der Waals surface area contributed by atoms with Crippen molar-refractivity contribution in [2.24, 2.45) is 50.2 Å². The second-order valence-electron chi connectivity index (χ2n) is 39.7. The topological polar surface area (TPSA) is 673 Å². The van der Waals surface area contributed by atoms with Crippen molar-refractivity contribution >= 4 is 24.1 Å². The summed E-state index contributed by atoms with van der Waals surface area (Å²) in [6, 6.07) is -1.52. The van der Waals surface area contributed by atoms with E-state index in [2.05, 4.69) is 32.2 Å². The molecule has 46 atom stereocenters. The molecule has 0 aromatic rings. The fraction of sp³-hybridized carbons (Fsp3) is 0.930. The number of carbonyl (C=O) groups excluding carboxylic acids is 3. The number of carboxylic acid groups (broad SMARTS) is 1. The lowest BCUT2D eigenvalue weighted by atomic mass is 9.33. The van der Waals surface area contributed by atoms with E-state index >= 15 is 4.79 Å². The minimum Gasteiger partial charge on any atom is -0.479 e. The number of amides is 1. The number of nitrogens with one attached hydrogen (secondary N) is 1. The SMILES string of the molecule is C[C@@H]1O[C@@H](O[C@H]2[C@H](OC(=O)[C@]34CCC(C)(C)C[C@H]3C3=CC[C@@H]5[C@@]6(C)CC[C@H](O[C@@H]7O[C@H](C(=O)O)[C@@H](O)[C@H](O[C@@H]8OC[C@@H](O)[C@H](O)[C@H]8O)[C@H]7O[C@@H]7O[C@H](CO)[C@H](O)[C@H](O)[C@H]7O)[C@@](C)(C=O)[C@@H]6CC[C@@]5(C)[C@]3(C)C[C@H]4O)O[C@H](CO)[C@H](NC(=O)CCCCCCCCCCCO[C@@H]3O[C@H](CO)[C@@H](O)[C@H]3O)[C@@H]2O)[C@H](O)[C@H](O)[C@H]1O[C@@H]1OC[C@@H](O)[C@H](O[C@@H]2O[C@H](CO)[C@@H](O)[C@H]2O)[C@H]1O. The number of rotatable bonds is 34. The maximum Gasteiger partial charge on any atom is 0.335 e. The van der Waals surface area contributed by atoms with E-state index in [1.54, 1.807) is 6.92 Å². The molecule has 0 unspecified atom stereocenters. The van der Waals surface area contributed by atoms with Gasteiger partial charge >= 0.3 is 11.9 Å². The van der Waals surface area contributed by atoms with Gasteiger partial charge in [-0.2, -0.15) is 0 Å². The van der Waals surface area contributed by atoms with Gasteiger partial charge in [-0.25, -0.2) is 4.79 Å². The van der Waals surface area contributed by atoms with Crippen LogP contribution in [0, 0.1) is 50.2 Å². The van der Waals surface area contributed by atoms with Gasteiger partial charge in [-0.1, -0.05) is 98.1 Å².